The number of carbonyl (C=O) groups is 2. The molecular weight excluding hydrogens is 1310 g/mol. The Kier molecular flexibility index (Phi) is 70.3. The fraction of sp³-hybridized carbons (Fsp3) is 0.978. The second-order valence-electron chi connectivity index (χ2n) is 32.3. The van der Waals surface area contributed by atoms with Crippen LogP contribution in [0.4, 0.5) is 0 Å². The van der Waals surface area contributed by atoms with Crippen LogP contribution in [0.2, 0.25) is 0 Å². The number of ether oxygens (including phenoxy) is 11. The lowest BCUT2D eigenvalue weighted by Gasteiger charge is -2.49. The number of esters is 2. The monoisotopic (exact) mass is 1490 g/mol. The number of unbranched alkanes of at least 4 members (excludes halogenated alkanes) is 46. The van der Waals surface area contributed by atoms with Crippen molar-refractivity contribution in [1.82, 2.24) is 0 Å². The molecule has 2 aliphatic rings. The predicted molar refractivity (Wildman–Crippen MR) is 440 cm³/mol. The number of hydrogen-bond acceptors (Lipinski definition) is 13. The van der Waals surface area contributed by atoms with Crippen LogP contribution in [0, 0.1) is 11.8 Å². The summed E-state index contributed by atoms with van der Waals surface area (Å²) >= 11 is 0. The van der Waals surface area contributed by atoms with Gasteiger partial charge in [0.15, 0.2) is 12.6 Å². The molecule has 0 radical (unpaired) electrons. The first-order chi connectivity index (χ1) is 51.7. The minimum absolute atomic E-state index is 0.0198. The van der Waals surface area contributed by atoms with Crippen LogP contribution in [-0.4, -0.2) is 126 Å². The number of carbonyl (C=O) groups excluding carboxylic acids is 2. The molecule has 4 unspecified atom stereocenters. The van der Waals surface area contributed by atoms with E-state index in [1.54, 1.807) is 0 Å². The molecule has 13 nitrogen and oxygen atoms in total. The molecule has 10 atom stereocenters. The first kappa shape index (κ1) is 99.7. The van der Waals surface area contributed by atoms with Crippen LogP contribution < -0.4 is 0 Å². The van der Waals surface area contributed by atoms with E-state index in [0.29, 0.717) is 39.6 Å². The molecule has 0 amide bonds. The van der Waals surface area contributed by atoms with Gasteiger partial charge in [-0.15, -0.1) is 0 Å². The Bertz CT molecular complexity index is 1650. The van der Waals surface area contributed by atoms with Crippen molar-refractivity contribution in [3.8, 4) is 0 Å². The minimum atomic E-state index is -1.06. The van der Waals surface area contributed by atoms with Gasteiger partial charge < -0.3 is 52.1 Å². The number of hydrogen-bond donors (Lipinski definition) is 0. The lowest BCUT2D eigenvalue weighted by atomic mass is 9.93. The van der Waals surface area contributed by atoms with Gasteiger partial charge in [-0.1, -0.05) is 390 Å². The average molecular weight is 1490 g/mol. The highest BCUT2D eigenvalue weighted by Crippen LogP contribution is 2.37. The third-order valence-corrected chi connectivity index (χ3v) is 22.4. The van der Waals surface area contributed by atoms with Gasteiger partial charge in [0, 0.05) is 39.6 Å². The maximum atomic E-state index is 14.9. The Morgan fingerprint density at radius 3 is 0.619 bits per heavy atom. The molecule has 13 heteroatoms. The molecule has 2 saturated heterocycles. The van der Waals surface area contributed by atoms with Crippen LogP contribution in [0.1, 0.15) is 454 Å². The number of rotatable bonds is 80. The molecule has 0 aliphatic carbocycles. The van der Waals surface area contributed by atoms with Gasteiger partial charge in [0.05, 0.1) is 11.8 Å². The molecule has 2 rings (SSSR count). The van der Waals surface area contributed by atoms with Crippen LogP contribution in [0.15, 0.2) is 0 Å². The highest BCUT2D eigenvalue weighted by atomic mass is 16.8. The zero-order valence-electron chi connectivity index (χ0n) is 71.3. The largest absolute Gasteiger partial charge is 0.463 e. The van der Waals surface area contributed by atoms with Gasteiger partial charge in [-0.25, -0.2) is 0 Å². The lowest BCUT2D eigenvalue weighted by Crippen LogP contribution is -2.66. The minimum Gasteiger partial charge on any atom is -0.463 e. The Labute approximate surface area is 651 Å². The van der Waals surface area contributed by atoms with Crippen molar-refractivity contribution in [2.75, 3.05) is 52.9 Å². The third-order valence-electron chi connectivity index (χ3n) is 22.4. The fourth-order valence-electron chi connectivity index (χ4n) is 15.2. The Morgan fingerprint density at radius 2 is 0.410 bits per heavy atom. The van der Waals surface area contributed by atoms with Gasteiger partial charge in [0.1, 0.15) is 62.0 Å². The second kappa shape index (κ2) is 74.0. The van der Waals surface area contributed by atoms with E-state index in [0.717, 1.165) is 154 Å². The summed E-state index contributed by atoms with van der Waals surface area (Å²) in [5.74, 6) is -0.678. The molecule has 0 aromatic rings. The lowest BCUT2D eigenvalue weighted by molar-refractivity contribution is -0.390. The average Bonchev–Trinajstić information content (AvgIpc) is 0.777. The molecule has 0 spiro atoms. The van der Waals surface area contributed by atoms with Crippen molar-refractivity contribution < 1.29 is 61.7 Å². The van der Waals surface area contributed by atoms with Crippen molar-refractivity contribution in [3.05, 3.63) is 0 Å². The summed E-state index contributed by atoms with van der Waals surface area (Å²) in [7, 11) is 0. The van der Waals surface area contributed by atoms with Gasteiger partial charge in [-0.3, -0.25) is 9.59 Å². The van der Waals surface area contributed by atoms with Crippen LogP contribution in [0.5, 0.6) is 0 Å². The van der Waals surface area contributed by atoms with E-state index in [1.165, 1.54) is 231 Å². The Morgan fingerprint density at radius 1 is 0.229 bits per heavy atom. The van der Waals surface area contributed by atoms with Gasteiger partial charge in [0.25, 0.3) is 0 Å². The van der Waals surface area contributed by atoms with Gasteiger partial charge in [0.2, 0.25) is 0 Å². The van der Waals surface area contributed by atoms with Crippen molar-refractivity contribution in [2.45, 2.75) is 516 Å². The summed E-state index contributed by atoms with van der Waals surface area (Å²) in [5, 5.41) is 0. The van der Waals surface area contributed by atoms with E-state index in [-0.39, 0.29) is 37.0 Å². The maximum Gasteiger partial charge on any atom is 0.309 e. The summed E-state index contributed by atoms with van der Waals surface area (Å²) in [6.07, 6.45) is 62.2. The molecule has 105 heavy (non-hydrogen) atoms. The second-order valence-corrected chi connectivity index (χ2v) is 32.3. The van der Waals surface area contributed by atoms with Crippen LogP contribution in [0.3, 0.4) is 0 Å². The summed E-state index contributed by atoms with van der Waals surface area (Å²) in [4.78, 5) is 29.8. The Balaban J connectivity index is 2.66. The highest BCUT2D eigenvalue weighted by molar-refractivity contribution is 5.72. The SMILES string of the molecule is CCCCCCCCCCCCCC(CCCCCCCCCCCCC)C(=O)OCC1O[C@H](O[C@H]2OC(COC(=O)C(CCCCCCCCCCCCC)CCCCCCCCCCCCC)[C@@H](OCCCC)[C@H](OCCCC)C2OCCCC)C(OCCCC)[C@@H](OCCCC)[C@@H]1OCCCC. The summed E-state index contributed by atoms with van der Waals surface area (Å²) in [6.45, 7) is 25.0. The molecule has 2 fully saturated rings. The highest BCUT2D eigenvalue weighted by Gasteiger charge is 2.55. The summed E-state index contributed by atoms with van der Waals surface area (Å²) in [5.41, 5.74) is 0. The summed E-state index contributed by atoms with van der Waals surface area (Å²) in [6, 6.07) is 0. The van der Waals surface area contributed by atoms with Crippen molar-refractivity contribution >= 4 is 11.9 Å². The first-order valence-corrected chi connectivity index (χ1v) is 46.7. The van der Waals surface area contributed by atoms with E-state index in [4.69, 9.17) is 52.1 Å². The molecule has 0 aromatic carbocycles. The summed E-state index contributed by atoms with van der Waals surface area (Å²) < 4.78 is 77.4. The topological polar surface area (TPSA) is 136 Å². The van der Waals surface area contributed by atoms with Crippen molar-refractivity contribution in [2.24, 2.45) is 11.8 Å². The standard InChI is InChI=1S/C92H178O13/c1-11-21-31-35-39-43-47-51-55-59-63-67-79(68-64-60-56-52-48-44-40-36-32-22-12-2)89(93)101-77-81-83(95-71-25-15-5)85(97-73-27-17-7)87(99-75-29-19-9)91(103-81)105-92-88(100-76-30-20-10)86(98-74-28-18-8)84(96-72-26-16-6)82(104-92)78-102-90(94)80(69-65-61-57-53-49-45-41-37-33-23-13-3)70-66-62-58-54-50-46-42-38-34-24-14-4/h79-88,91-92H,11-78H2,1-10H3/t81?,82?,83-,84-,85+,86+,87?,88?,91-,92-/m1/s1. The third kappa shape index (κ3) is 51.0. The normalized spacial score (nSPS) is 20.6. The zero-order chi connectivity index (χ0) is 75.9. The van der Waals surface area contributed by atoms with Crippen molar-refractivity contribution in [3.63, 3.8) is 0 Å². The smallest absolute Gasteiger partial charge is 0.309 e. The molecule has 0 bridgehead atoms. The zero-order valence-corrected chi connectivity index (χ0v) is 71.3. The van der Waals surface area contributed by atoms with Gasteiger partial charge >= 0.3 is 11.9 Å². The van der Waals surface area contributed by atoms with Gasteiger partial charge in [-0.05, 0) is 64.2 Å². The van der Waals surface area contributed by atoms with E-state index in [1.807, 2.05) is 0 Å². The predicted octanol–water partition coefficient (Wildman–Crippen LogP) is 26.7. The van der Waals surface area contributed by atoms with E-state index in [2.05, 4.69) is 69.2 Å². The Hall–Kier alpha value is -1.42. The van der Waals surface area contributed by atoms with Crippen LogP contribution >= 0.6 is 0 Å². The maximum absolute atomic E-state index is 14.9. The van der Waals surface area contributed by atoms with Crippen LogP contribution in [-0.2, 0) is 61.7 Å². The van der Waals surface area contributed by atoms with Crippen LogP contribution in [0.25, 0.3) is 0 Å². The molecule has 0 N–H and O–H groups in total. The molecule has 624 valence electrons. The first-order valence-electron chi connectivity index (χ1n) is 46.7. The molecule has 0 aromatic heterocycles. The molecular formula is C92H178O13. The molecule has 2 aliphatic heterocycles. The molecule has 2 heterocycles. The van der Waals surface area contributed by atoms with Gasteiger partial charge in [-0.2, -0.15) is 0 Å². The van der Waals surface area contributed by atoms with E-state index < -0.39 is 61.4 Å². The van der Waals surface area contributed by atoms with E-state index >= 15 is 0 Å². The molecule has 0 saturated carbocycles. The van der Waals surface area contributed by atoms with E-state index in [9.17, 15) is 9.59 Å². The quantitative estimate of drug-likeness (QED) is 0.0423. The fourth-order valence-corrected chi connectivity index (χ4v) is 15.2. The van der Waals surface area contributed by atoms with Crippen molar-refractivity contribution in [1.29, 1.82) is 0 Å².